The van der Waals surface area contributed by atoms with Crippen LogP contribution in [-0.4, -0.2) is 102 Å². The van der Waals surface area contributed by atoms with Crippen LogP contribution in [0.25, 0.3) is 0 Å². The average molecular weight is 779 g/mol. The zero-order valence-electron chi connectivity index (χ0n) is 30.9. The Bertz CT molecular complexity index is 1980. The third-order valence-electron chi connectivity index (χ3n) is 11.6. The molecule has 6 aliphatic rings. The summed E-state index contributed by atoms with van der Waals surface area (Å²) in [5.74, 6) is -0.771. The number of fused-ring (bicyclic) bond motifs is 7. The topological polar surface area (TPSA) is 251 Å². The van der Waals surface area contributed by atoms with Gasteiger partial charge in [-0.2, -0.15) is 0 Å². The van der Waals surface area contributed by atoms with Crippen molar-refractivity contribution in [2.24, 2.45) is 16.5 Å². The van der Waals surface area contributed by atoms with Crippen LogP contribution < -0.4 is 45.2 Å². The van der Waals surface area contributed by atoms with Crippen molar-refractivity contribution >= 4 is 17.7 Å². The van der Waals surface area contributed by atoms with E-state index in [4.69, 9.17) is 44.6 Å². The van der Waals surface area contributed by atoms with Crippen LogP contribution in [0, 0.1) is 0 Å². The first-order valence-electron chi connectivity index (χ1n) is 18.8. The predicted octanol–water partition coefficient (Wildman–Crippen LogP) is -1.25. The Balaban J connectivity index is 1.19. The quantitative estimate of drug-likeness (QED) is 0.0886. The van der Waals surface area contributed by atoms with Crippen LogP contribution in [0.15, 0.2) is 53.3 Å². The largest absolute Gasteiger partial charge is 0.550 e. The number of nitrogens with zero attached hydrogens (tertiary/aromatic N) is 1. The lowest BCUT2D eigenvalue weighted by molar-refractivity contribution is -0.848. The molecule has 1 unspecified atom stereocenters. The molecule has 2 aromatic carbocycles. The SMILES string of the molecule is COc1ccc2c(c1OC)O[C@@H]1c3c(C[NH+]4C=C5C=CN=C5C4)cc(O[C@H]4O[C@H]([C@H](OC(=O)CC(=O)[O-])C(N)N)[C@@H](O)[C@H](O)[C@H]4O)cc3OC3(CCCCC3)[C@@H]21. The minimum atomic E-state index is -1.87. The molecule has 17 heteroatoms. The lowest BCUT2D eigenvalue weighted by atomic mass is 9.68. The summed E-state index contributed by atoms with van der Waals surface area (Å²) in [5.41, 5.74) is 15.7. The Kier molecular flexibility index (Phi) is 10.2. The molecule has 1 saturated carbocycles. The van der Waals surface area contributed by atoms with Gasteiger partial charge in [-0.15, -0.1) is 0 Å². The van der Waals surface area contributed by atoms with Gasteiger partial charge in [-0.05, 0) is 43.9 Å². The maximum atomic E-state index is 12.3. The van der Waals surface area contributed by atoms with E-state index in [0.29, 0.717) is 36.1 Å². The van der Waals surface area contributed by atoms with Crippen molar-refractivity contribution in [3.05, 3.63) is 65.0 Å². The summed E-state index contributed by atoms with van der Waals surface area (Å²) < 4.78 is 43.0. The summed E-state index contributed by atoms with van der Waals surface area (Å²) in [6.07, 6.45) is -3.14. The molecule has 2 aromatic rings. The van der Waals surface area contributed by atoms with E-state index in [0.717, 1.165) is 65.0 Å². The first-order chi connectivity index (χ1) is 26.9. The third-order valence-corrected chi connectivity index (χ3v) is 11.6. The molecule has 5 aliphatic heterocycles. The van der Waals surface area contributed by atoms with Gasteiger partial charge in [0.15, 0.2) is 17.6 Å². The summed E-state index contributed by atoms with van der Waals surface area (Å²) in [5, 5.41) is 44.0. The molecule has 0 aromatic heterocycles. The Morgan fingerprint density at radius 3 is 2.55 bits per heavy atom. The number of ether oxygens (including phenoxy) is 7. The first kappa shape index (κ1) is 38.1. The fourth-order valence-electron chi connectivity index (χ4n) is 9.10. The maximum Gasteiger partial charge on any atom is 0.311 e. The normalized spacial score (nSPS) is 29.9. The molecule has 0 amide bonds. The van der Waals surface area contributed by atoms with Crippen molar-refractivity contribution < 1.29 is 68.1 Å². The zero-order chi connectivity index (χ0) is 39.5. The summed E-state index contributed by atoms with van der Waals surface area (Å²) in [4.78, 5) is 28.9. The van der Waals surface area contributed by atoms with Gasteiger partial charge in [-0.25, -0.2) is 0 Å². The number of aliphatic imine (C=N–C) groups is 1. The van der Waals surface area contributed by atoms with Crippen LogP contribution in [0.2, 0.25) is 0 Å². The van der Waals surface area contributed by atoms with Crippen LogP contribution in [0.4, 0.5) is 0 Å². The number of methoxy groups -OCH3 is 2. The number of carbonyl (C=O) groups excluding carboxylic acids is 2. The molecule has 5 heterocycles. The van der Waals surface area contributed by atoms with Crippen molar-refractivity contribution in [3.8, 4) is 28.7 Å². The molecule has 1 aliphatic carbocycles. The highest BCUT2D eigenvalue weighted by Crippen LogP contribution is 2.64. The second-order valence-corrected chi connectivity index (χ2v) is 15.1. The van der Waals surface area contributed by atoms with Crippen molar-refractivity contribution in [2.45, 2.75) is 106 Å². The number of aliphatic carboxylic acids is 1. The molecule has 8 N–H and O–H groups in total. The van der Waals surface area contributed by atoms with E-state index >= 15 is 0 Å². The number of carbonyl (C=O) groups is 2. The fourth-order valence-corrected chi connectivity index (χ4v) is 9.10. The molecule has 56 heavy (non-hydrogen) atoms. The highest BCUT2D eigenvalue weighted by atomic mass is 16.7. The molecule has 300 valence electrons. The minimum absolute atomic E-state index is 0.174. The molecule has 17 nitrogen and oxygen atoms in total. The Hall–Kier alpha value is -4.75. The van der Waals surface area contributed by atoms with Gasteiger partial charge in [0.25, 0.3) is 0 Å². The molecule has 9 atom stereocenters. The number of rotatable bonds is 11. The number of quaternary nitrogens is 1. The molecule has 0 radical (unpaired) electrons. The van der Waals surface area contributed by atoms with E-state index in [1.54, 1.807) is 32.6 Å². The molecule has 8 rings (SSSR count). The Morgan fingerprint density at radius 1 is 1.07 bits per heavy atom. The number of esters is 1. The molecular weight excluding hydrogens is 732 g/mol. The lowest BCUT2D eigenvalue weighted by Crippen LogP contribution is -3.05. The van der Waals surface area contributed by atoms with Crippen LogP contribution in [0.3, 0.4) is 0 Å². The summed E-state index contributed by atoms with van der Waals surface area (Å²) in [7, 11) is 3.17. The van der Waals surface area contributed by atoms with E-state index in [9.17, 15) is 30.0 Å². The van der Waals surface area contributed by atoms with Gasteiger partial charge in [-0.3, -0.25) is 14.7 Å². The second kappa shape index (κ2) is 15.0. The van der Waals surface area contributed by atoms with E-state index in [2.05, 4.69) is 11.2 Å². The van der Waals surface area contributed by atoms with Gasteiger partial charge in [0.2, 0.25) is 12.0 Å². The summed E-state index contributed by atoms with van der Waals surface area (Å²) >= 11 is 0. The van der Waals surface area contributed by atoms with Crippen LogP contribution in [-0.2, 0) is 25.6 Å². The minimum Gasteiger partial charge on any atom is -0.550 e. The molecule has 0 bridgehead atoms. The second-order valence-electron chi connectivity index (χ2n) is 15.1. The number of nitrogens with one attached hydrogen (secondary N) is 1. The molecular formula is C39H46N4O13. The Labute approximate surface area is 322 Å². The number of nitrogens with two attached hydrogens (primary N) is 2. The van der Waals surface area contributed by atoms with Crippen molar-refractivity contribution in [2.75, 3.05) is 20.8 Å². The number of hydrogen-bond donors (Lipinski definition) is 6. The average Bonchev–Trinajstić information content (AvgIpc) is 3.88. The van der Waals surface area contributed by atoms with E-state index < -0.39 is 73.0 Å². The maximum absolute atomic E-state index is 12.3. The van der Waals surface area contributed by atoms with Crippen LogP contribution in [0.5, 0.6) is 28.7 Å². The van der Waals surface area contributed by atoms with Gasteiger partial charge < -0.3 is 69.8 Å². The Morgan fingerprint density at radius 2 is 1.86 bits per heavy atom. The number of carboxylic acid groups (broad SMARTS) is 1. The van der Waals surface area contributed by atoms with Gasteiger partial charge in [0.05, 0.1) is 44.3 Å². The molecule has 1 saturated heterocycles. The highest BCUT2D eigenvalue weighted by Gasteiger charge is 2.58. The lowest BCUT2D eigenvalue weighted by Gasteiger charge is -2.48. The number of aliphatic hydroxyl groups is 3. The smallest absolute Gasteiger partial charge is 0.311 e. The van der Waals surface area contributed by atoms with Crippen molar-refractivity contribution in [1.29, 1.82) is 0 Å². The van der Waals surface area contributed by atoms with Gasteiger partial charge in [0, 0.05) is 29.0 Å². The van der Waals surface area contributed by atoms with Crippen LogP contribution in [0.1, 0.15) is 67.2 Å². The van der Waals surface area contributed by atoms with Gasteiger partial charge in [0.1, 0.15) is 72.6 Å². The van der Waals surface area contributed by atoms with E-state index in [1.165, 1.54) is 0 Å². The third kappa shape index (κ3) is 6.66. The highest BCUT2D eigenvalue weighted by molar-refractivity contribution is 6.06. The summed E-state index contributed by atoms with van der Waals surface area (Å²) in [6, 6.07) is 7.41. The number of benzene rings is 2. The number of carboxylic acids is 1. The number of hydrogen-bond acceptors (Lipinski definition) is 16. The number of allylic oxidation sites excluding steroid dienone is 1. The first-order valence-corrected chi connectivity index (χ1v) is 18.8. The predicted molar refractivity (Wildman–Crippen MR) is 192 cm³/mol. The molecule has 1 spiro atoms. The van der Waals surface area contributed by atoms with E-state index in [1.807, 2.05) is 18.2 Å². The zero-order valence-corrected chi connectivity index (χ0v) is 30.9. The molecule has 2 fully saturated rings. The van der Waals surface area contributed by atoms with Crippen molar-refractivity contribution in [1.82, 2.24) is 0 Å². The van der Waals surface area contributed by atoms with Crippen LogP contribution >= 0.6 is 0 Å². The monoisotopic (exact) mass is 778 g/mol. The van der Waals surface area contributed by atoms with Gasteiger partial charge >= 0.3 is 5.97 Å². The number of aliphatic hydroxyl groups excluding tert-OH is 3. The van der Waals surface area contributed by atoms with E-state index in [-0.39, 0.29) is 11.7 Å². The fraction of sp³-hybridized carbons (Fsp3) is 0.513. The van der Waals surface area contributed by atoms with Crippen molar-refractivity contribution in [3.63, 3.8) is 0 Å². The van der Waals surface area contributed by atoms with Gasteiger partial charge in [-0.1, -0.05) is 12.5 Å². The standard InChI is InChI=1S/C39H46N4O13/c1-50-23-7-6-21-28-34(54-32(21)33(23)51-2)27-19(16-43-15-18-8-11-42-22(18)17-43)12-20(13-24(27)56-39(28)9-4-3-5-10-39)52-38-31(49)29(47)30(48)35(55-38)36(37(40)41)53-26(46)14-25(44)45/h6-8,11-13,15,28-31,34-38,47-49H,3-5,9-10,14,16-17,40-41H2,1-2H3,(H,44,45)/t28-,29-,30-,31+,34+,35-,36-,38-/m0/s1. The summed E-state index contributed by atoms with van der Waals surface area (Å²) in [6.45, 7) is 1.10.